The summed E-state index contributed by atoms with van der Waals surface area (Å²) in [6, 6.07) is 8.81. The summed E-state index contributed by atoms with van der Waals surface area (Å²) in [7, 11) is 0. The Morgan fingerprint density at radius 2 is 1.71 bits per heavy atom. The first-order valence-corrected chi connectivity index (χ1v) is 5.83. The lowest BCUT2D eigenvalue weighted by Gasteiger charge is -2.16. The summed E-state index contributed by atoms with van der Waals surface area (Å²) in [5.74, 6) is -1.49. The van der Waals surface area contributed by atoms with Gasteiger partial charge in [0.05, 0.1) is 16.8 Å². The third kappa shape index (κ3) is 3.07. The molecule has 0 aliphatic carbocycles. The molecule has 2 aromatic rings. The van der Waals surface area contributed by atoms with Crippen LogP contribution in [0.15, 0.2) is 42.5 Å². The summed E-state index contributed by atoms with van der Waals surface area (Å²) in [5, 5.41) is 0. The number of para-hydroxylation sites is 2. The van der Waals surface area contributed by atoms with Crippen LogP contribution >= 0.6 is 0 Å². The third-order valence-electron chi connectivity index (χ3n) is 2.72. The molecule has 0 heterocycles. The first-order valence-electron chi connectivity index (χ1n) is 5.83. The van der Waals surface area contributed by atoms with Crippen molar-refractivity contribution in [3.8, 4) is 11.5 Å². The van der Waals surface area contributed by atoms with Crippen molar-refractivity contribution < 1.29 is 22.7 Å². The zero-order valence-corrected chi connectivity index (χ0v) is 10.6. The number of amides is 1. The summed E-state index contributed by atoms with van der Waals surface area (Å²) in [4.78, 5) is 11.3. The maximum Gasteiger partial charge on any atom is 0.419 e. The van der Waals surface area contributed by atoms with Gasteiger partial charge in [0, 0.05) is 0 Å². The van der Waals surface area contributed by atoms with Crippen LogP contribution in [-0.2, 0) is 6.18 Å². The van der Waals surface area contributed by atoms with Crippen LogP contribution in [0.3, 0.4) is 0 Å². The minimum atomic E-state index is -4.59. The van der Waals surface area contributed by atoms with Crippen molar-refractivity contribution in [1.29, 1.82) is 0 Å². The molecule has 0 aromatic heterocycles. The lowest BCUT2D eigenvalue weighted by molar-refractivity contribution is -0.138. The second kappa shape index (κ2) is 5.35. The maximum absolute atomic E-state index is 12.9. The zero-order chi connectivity index (χ0) is 15.6. The molecule has 110 valence electrons. The summed E-state index contributed by atoms with van der Waals surface area (Å²) in [6.07, 6.45) is -4.59. The predicted octanol–water partition coefficient (Wildman–Crippen LogP) is 3.18. The Hall–Kier alpha value is -2.70. The first-order chi connectivity index (χ1) is 9.80. The third-order valence-corrected chi connectivity index (χ3v) is 2.72. The number of benzene rings is 2. The number of nitrogens with two attached hydrogens (primary N) is 2. The molecule has 0 radical (unpaired) electrons. The van der Waals surface area contributed by atoms with Crippen molar-refractivity contribution in [2.45, 2.75) is 6.18 Å². The van der Waals surface area contributed by atoms with Gasteiger partial charge in [0.25, 0.3) is 5.91 Å². The largest absolute Gasteiger partial charge is 0.454 e. The van der Waals surface area contributed by atoms with E-state index in [0.29, 0.717) is 0 Å². The van der Waals surface area contributed by atoms with Gasteiger partial charge in [-0.05, 0) is 24.3 Å². The fourth-order valence-corrected chi connectivity index (χ4v) is 1.76. The fraction of sp³-hybridized carbons (Fsp3) is 0.0714. The highest BCUT2D eigenvalue weighted by atomic mass is 19.4. The van der Waals surface area contributed by atoms with E-state index < -0.39 is 23.4 Å². The number of alkyl halides is 3. The maximum atomic E-state index is 12.9. The highest BCUT2D eigenvalue weighted by molar-refractivity contribution is 5.97. The van der Waals surface area contributed by atoms with Crippen LogP contribution in [0.25, 0.3) is 0 Å². The Labute approximate surface area is 118 Å². The van der Waals surface area contributed by atoms with Crippen LogP contribution in [0.4, 0.5) is 18.9 Å². The molecule has 2 rings (SSSR count). The number of nitrogen functional groups attached to an aromatic ring is 1. The van der Waals surface area contributed by atoms with Gasteiger partial charge >= 0.3 is 6.18 Å². The van der Waals surface area contributed by atoms with E-state index in [1.165, 1.54) is 30.3 Å². The molecule has 4 N–H and O–H groups in total. The average Bonchev–Trinajstić information content (AvgIpc) is 2.40. The quantitative estimate of drug-likeness (QED) is 0.854. The number of anilines is 1. The van der Waals surface area contributed by atoms with Gasteiger partial charge in [-0.15, -0.1) is 0 Å². The smallest absolute Gasteiger partial charge is 0.419 e. The SMILES string of the molecule is NC(=O)c1cccc(N)c1Oc1ccccc1C(F)(F)F. The number of carbonyl (C=O) groups is 1. The van der Waals surface area contributed by atoms with E-state index in [1.807, 2.05) is 0 Å². The summed E-state index contributed by atoms with van der Waals surface area (Å²) >= 11 is 0. The van der Waals surface area contributed by atoms with Gasteiger partial charge < -0.3 is 16.2 Å². The fourth-order valence-electron chi connectivity index (χ4n) is 1.76. The van der Waals surface area contributed by atoms with Gasteiger partial charge in [-0.1, -0.05) is 18.2 Å². The van der Waals surface area contributed by atoms with E-state index in [2.05, 4.69) is 0 Å². The van der Waals surface area contributed by atoms with E-state index in [9.17, 15) is 18.0 Å². The monoisotopic (exact) mass is 296 g/mol. The Morgan fingerprint density at radius 3 is 2.33 bits per heavy atom. The van der Waals surface area contributed by atoms with Crippen LogP contribution in [0, 0.1) is 0 Å². The number of ether oxygens (including phenoxy) is 1. The summed E-state index contributed by atoms with van der Waals surface area (Å²) in [6.45, 7) is 0. The normalized spacial score (nSPS) is 11.2. The van der Waals surface area contributed by atoms with Gasteiger partial charge in [0.2, 0.25) is 0 Å². The Kier molecular flexibility index (Phi) is 3.75. The van der Waals surface area contributed by atoms with Crippen molar-refractivity contribution in [1.82, 2.24) is 0 Å². The molecule has 0 saturated heterocycles. The van der Waals surface area contributed by atoms with Crippen LogP contribution in [0.1, 0.15) is 15.9 Å². The molecule has 0 bridgehead atoms. The van der Waals surface area contributed by atoms with E-state index in [4.69, 9.17) is 16.2 Å². The summed E-state index contributed by atoms with van der Waals surface area (Å²) < 4.78 is 43.9. The molecule has 0 atom stereocenters. The molecule has 0 saturated carbocycles. The molecule has 2 aromatic carbocycles. The molecule has 4 nitrogen and oxygen atoms in total. The topological polar surface area (TPSA) is 78.3 Å². The lowest BCUT2D eigenvalue weighted by atomic mass is 10.1. The van der Waals surface area contributed by atoms with E-state index in [0.717, 1.165) is 12.1 Å². The molecule has 0 aliphatic rings. The standard InChI is InChI=1S/C14H11F3N2O2/c15-14(16,17)9-5-1-2-7-11(9)21-12-8(13(19)20)4-3-6-10(12)18/h1-7H,18H2,(H2,19,20). The van der Waals surface area contributed by atoms with Gasteiger partial charge in [0.15, 0.2) is 5.75 Å². The highest BCUT2D eigenvalue weighted by Gasteiger charge is 2.34. The van der Waals surface area contributed by atoms with Gasteiger partial charge in [0.1, 0.15) is 5.75 Å². The van der Waals surface area contributed by atoms with Crippen LogP contribution in [0.2, 0.25) is 0 Å². The minimum absolute atomic E-state index is 0.0169. The second-order valence-corrected chi connectivity index (χ2v) is 4.18. The number of halogens is 3. The average molecular weight is 296 g/mol. The van der Waals surface area contributed by atoms with Gasteiger partial charge in [-0.25, -0.2) is 0 Å². The van der Waals surface area contributed by atoms with Gasteiger partial charge in [-0.2, -0.15) is 13.2 Å². The van der Waals surface area contributed by atoms with Crippen molar-refractivity contribution in [3.63, 3.8) is 0 Å². The van der Waals surface area contributed by atoms with E-state index in [-0.39, 0.29) is 17.0 Å². The van der Waals surface area contributed by atoms with Crippen molar-refractivity contribution in [2.24, 2.45) is 5.73 Å². The number of hydrogen-bond acceptors (Lipinski definition) is 3. The number of rotatable bonds is 3. The first kappa shape index (κ1) is 14.7. The minimum Gasteiger partial charge on any atom is -0.454 e. The summed E-state index contributed by atoms with van der Waals surface area (Å²) in [5.41, 5.74) is 9.77. The van der Waals surface area contributed by atoms with E-state index in [1.54, 1.807) is 0 Å². The Balaban J connectivity index is 2.52. The molecule has 0 unspecified atom stereocenters. The van der Waals surface area contributed by atoms with Crippen molar-refractivity contribution in [3.05, 3.63) is 53.6 Å². The number of primary amides is 1. The lowest BCUT2D eigenvalue weighted by Crippen LogP contribution is -2.14. The Bertz CT molecular complexity index is 684. The van der Waals surface area contributed by atoms with Crippen molar-refractivity contribution >= 4 is 11.6 Å². The second-order valence-electron chi connectivity index (χ2n) is 4.18. The van der Waals surface area contributed by atoms with Crippen LogP contribution in [-0.4, -0.2) is 5.91 Å². The molecule has 0 fully saturated rings. The Morgan fingerprint density at radius 1 is 1.05 bits per heavy atom. The molecular formula is C14H11F3N2O2. The predicted molar refractivity (Wildman–Crippen MR) is 70.9 cm³/mol. The number of hydrogen-bond donors (Lipinski definition) is 2. The number of carbonyl (C=O) groups excluding carboxylic acids is 1. The molecule has 21 heavy (non-hydrogen) atoms. The molecule has 0 spiro atoms. The van der Waals surface area contributed by atoms with Crippen LogP contribution < -0.4 is 16.2 Å². The van der Waals surface area contributed by atoms with Crippen LogP contribution in [0.5, 0.6) is 11.5 Å². The van der Waals surface area contributed by atoms with Crippen molar-refractivity contribution in [2.75, 3.05) is 5.73 Å². The molecule has 1 amide bonds. The zero-order valence-electron chi connectivity index (χ0n) is 10.6. The van der Waals surface area contributed by atoms with Gasteiger partial charge in [-0.3, -0.25) is 4.79 Å². The van der Waals surface area contributed by atoms with E-state index >= 15 is 0 Å². The highest BCUT2D eigenvalue weighted by Crippen LogP contribution is 2.39. The molecular weight excluding hydrogens is 285 g/mol. The molecule has 0 aliphatic heterocycles. The molecule has 7 heteroatoms.